The van der Waals surface area contributed by atoms with Gasteiger partial charge in [0.15, 0.2) is 0 Å². The lowest BCUT2D eigenvalue weighted by Crippen LogP contribution is -2.58. The lowest BCUT2D eigenvalue weighted by Gasteiger charge is -2.28. The van der Waals surface area contributed by atoms with Crippen LogP contribution in [-0.2, 0) is 0 Å². The molecule has 0 bridgehead atoms. The van der Waals surface area contributed by atoms with Crippen molar-refractivity contribution in [3.05, 3.63) is 0 Å². The number of hydrazine groups is 3. The molecule has 22 heavy (non-hydrogen) atoms. The Bertz CT molecular complexity index is 245. The zero-order valence-corrected chi connectivity index (χ0v) is 19.7. The van der Waals surface area contributed by atoms with E-state index in [0.717, 1.165) is 19.6 Å². The van der Waals surface area contributed by atoms with Crippen LogP contribution in [0.1, 0.15) is 0 Å². The SMILES string of the molecule is C[Si](C)(C)CCNN(NCC[Si](C)(C)C)NCC[Si](C)(C)C. The van der Waals surface area contributed by atoms with Gasteiger partial charge in [-0.15, -0.1) is 5.23 Å². The van der Waals surface area contributed by atoms with Gasteiger partial charge in [0.1, 0.15) is 0 Å². The Hall–Kier alpha value is 0.491. The van der Waals surface area contributed by atoms with E-state index < -0.39 is 24.2 Å². The predicted octanol–water partition coefficient (Wildman–Crippen LogP) is 3.82. The zero-order valence-electron chi connectivity index (χ0n) is 16.7. The van der Waals surface area contributed by atoms with Gasteiger partial charge in [-0.1, -0.05) is 58.9 Å². The van der Waals surface area contributed by atoms with Crippen LogP contribution in [0.15, 0.2) is 0 Å². The number of rotatable bonds is 12. The molecule has 0 aromatic heterocycles. The third-order valence-corrected chi connectivity index (χ3v) is 8.68. The number of hydrogen-bond donors (Lipinski definition) is 3. The fourth-order valence-electron chi connectivity index (χ4n) is 1.80. The van der Waals surface area contributed by atoms with Crippen LogP contribution in [0, 0.1) is 0 Å². The molecule has 0 rings (SSSR count). The van der Waals surface area contributed by atoms with Gasteiger partial charge in [0.05, 0.1) is 0 Å². The Morgan fingerprint density at radius 2 is 0.727 bits per heavy atom. The zero-order chi connectivity index (χ0) is 17.4. The standard InChI is InChI=1S/C15H42N4Si3/c1-20(2,3)13-10-16-19(17-11-14-21(4,5)6)18-12-15-22(7,8)9/h16-18H,10-15H2,1-9H3. The number of nitrogens with zero attached hydrogens (tertiary/aromatic N) is 1. The highest BCUT2D eigenvalue weighted by atomic mass is 28.3. The Morgan fingerprint density at radius 1 is 0.500 bits per heavy atom. The summed E-state index contributed by atoms with van der Waals surface area (Å²) in [5.74, 6) is 0. The molecule has 134 valence electrons. The minimum Gasteiger partial charge on any atom is -0.227 e. The van der Waals surface area contributed by atoms with Gasteiger partial charge in [0, 0.05) is 43.9 Å². The molecule has 4 nitrogen and oxygen atoms in total. The van der Waals surface area contributed by atoms with E-state index in [2.05, 4.69) is 75.2 Å². The van der Waals surface area contributed by atoms with Crippen LogP contribution in [0.5, 0.6) is 0 Å². The van der Waals surface area contributed by atoms with Crippen molar-refractivity contribution in [2.24, 2.45) is 0 Å². The van der Waals surface area contributed by atoms with Crippen LogP contribution < -0.4 is 16.3 Å². The molecule has 0 atom stereocenters. The van der Waals surface area contributed by atoms with Crippen molar-refractivity contribution >= 4 is 24.2 Å². The van der Waals surface area contributed by atoms with Crippen LogP contribution in [0.3, 0.4) is 0 Å². The van der Waals surface area contributed by atoms with E-state index in [9.17, 15) is 0 Å². The van der Waals surface area contributed by atoms with E-state index in [-0.39, 0.29) is 0 Å². The molecule has 0 aromatic rings. The van der Waals surface area contributed by atoms with Crippen molar-refractivity contribution in [1.82, 2.24) is 21.5 Å². The summed E-state index contributed by atoms with van der Waals surface area (Å²) in [4.78, 5) is 0. The number of nitrogens with one attached hydrogen (secondary N) is 3. The van der Waals surface area contributed by atoms with Gasteiger partial charge in [-0.2, -0.15) is 0 Å². The molecule has 0 aliphatic rings. The Morgan fingerprint density at radius 3 is 0.909 bits per heavy atom. The minimum absolute atomic E-state index is 0.977. The Labute approximate surface area is 142 Å². The molecule has 0 spiro atoms. The van der Waals surface area contributed by atoms with E-state index in [1.807, 2.05) is 5.23 Å². The van der Waals surface area contributed by atoms with Crippen molar-refractivity contribution < 1.29 is 0 Å². The summed E-state index contributed by atoms with van der Waals surface area (Å²) in [6.45, 7) is 25.0. The molecule has 0 unspecified atom stereocenters. The fourth-order valence-corrected chi connectivity index (χ4v) is 4.38. The van der Waals surface area contributed by atoms with Crippen molar-refractivity contribution in [2.75, 3.05) is 19.6 Å². The molecule has 0 radical (unpaired) electrons. The van der Waals surface area contributed by atoms with Crippen molar-refractivity contribution in [1.29, 1.82) is 0 Å². The highest BCUT2D eigenvalue weighted by molar-refractivity contribution is 6.76. The Kier molecular flexibility index (Phi) is 9.92. The van der Waals surface area contributed by atoms with Crippen molar-refractivity contribution in [2.45, 2.75) is 77.1 Å². The molecule has 7 heteroatoms. The first-order valence-corrected chi connectivity index (χ1v) is 19.9. The molecule has 0 saturated carbocycles. The van der Waals surface area contributed by atoms with Crippen molar-refractivity contribution in [3.63, 3.8) is 0 Å². The van der Waals surface area contributed by atoms with E-state index in [1.54, 1.807) is 0 Å². The van der Waals surface area contributed by atoms with E-state index in [0.29, 0.717) is 0 Å². The smallest absolute Gasteiger partial charge is 0.0455 e. The van der Waals surface area contributed by atoms with Gasteiger partial charge in [-0.3, -0.25) is 0 Å². The second-order valence-electron chi connectivity index (χ2n) is 9.99. The third-order valence-electron chi connectivity index (χ3n) is 3.43. The summed E-state index contributed by atoms with van der Waals surface area (Å²) in [5, 5.41) is 2.04. The highest BCUT2D eigenvalue weighted by Crippen LogP contribution is 2.08. The van der Waals surface area contributed by atoms with Crippen LogP contribution in [-0.4, -0.2) is 49.1 Å². The average Bonchev–Trinajstić information content (AvgIpc) is 2.23. The molecule has 3 N–H and O–H groups in total. The van der Waals surface area contributed by atoms with Crippen LogP contribution >= 0.6 is 0 Å². The summed E-state index contributed by atoms with van der Waals surface area (Å²) in [7, 11) is -2.93. The molecule has 0 aliphatic heterocycles. The van der Waals surface area contributed by atoms with Gasteiger partial charge in [-0.25, -0.2) is 16.3 Å². The van der Waals surface area contributed by atoms with Gasteiger partial charge in [0.25, 0.3) is 0 Å². The fraction of sp³-hybridized carbons (Fsp3) is 1.00. The second kappa shape index (κ2) is 9.71. The predicted molar refractivity (Wildman–Crippen MR) is 110 cm³/mol. The van der Waals surface area contributed by atoms with Gasteiger partial charge >= 0.3 is 0 Å². The maximum atomic E-state index is 3.53. The topological polar surface area (TPSA) is 39.3 Å². The van der Waals surface area contributed by atoms with E-state index in [4.69, 9.17) is 0 Å². The highest BCUT2D eigenvalue weighted by Gasteiger charge is 2.16. The largest absolute Gasteiger partial charge is 0.227 e. The third kappa shape index (κ3) is 16.9. The molecular formula is C15H42N4Si3. The lowest BCUT2D eigenvalue weighted by molar-refractivity contribution is 0.0555. The van der Waals surface area contributed by atoms with E-state index >= 15 is 0 Å². The summed E-state index contributed by atoms with van der Waals surface area (Å²) >= 11 is 0. The first-order chi connectivity index (χ1) is 9.79. The van der Waals surface area contributed by atoms with E-state index in [1.165, 1.54) is 18.1 Å². The molecule has 0 heterocycles. The average molecular weight is 363 g/mol. The molecular weight excluding hydrogens is 320 g/mol. The normalized spacial score (nSPS) is 13.9. The molecule has 0 aliphatic carbocycles. The molecule has 0 aromatic carbocycles. The van der Waals surface area contributed by atoms with Gasteiger partial charge < -0.3 is 0 Å². The molecule has 0 saturated heterocycles. The quantitative estimate of drug-likeness (QED) is 0.364. The summed E-state index contributed by atoms with van der Waals surface area (Å²) in [5.41, 5.74) is 10.6. The summed E-state index contributed by atoms with van der Waals surface area (Å²) < 4.78 is 0. The molecule has 0 amide bonds. The van der Waals surface area contributed by atoms with Crippen LogP contribution in [0.2, 0.25) is 77.1 Å². The number of hydrogen-bond acceptors (Lipinski definition) is 4. The minimum atomic E-state index is -0.977. The summed E-state index contributed by atoms with van der Waals surface area (Å²) in [6, 6.07) is 3.90. The first kappa shape index (κ1) is 22.5. The van der Waals surface area contributed by atoms with Crippen LogP contribution in [0.4, 0.5) is 0 Å². The first-order valence-electron chi connectivity index (χ1n) is 8.79. The monoisotopic (exact) mass is 362 g/mol. The van der Waals surface area contributed by atoms with Gasteiger partial charge in [-0.05, 0) is 18.1 Å². The maximum absolute atomic E-state index is 3.53. The van der Waals surface area contributed by atoms with Gasteiger partial charge in [0.2, 0.25) is 0 Å². The molecule has 0 fully saturated rings. The maximum Gasteiger partial charge on any atom is 0.0455 e. The summed E-state index contributed by atoms with van der Waals surface area (Å²) in [6.07, 6.45) is 0. The second-order valence-corrected chi connectivity index (χ2v) is 26.9. The Balaban J connectivity index is 4.19. The van der Waals surface area contributed by atoms with Crippen molar-refractivity contribution in [3.8, 4) is 0 Å². The lowest BCUT2D eigenvalue weighted by atomic mass is 10.7. The van der Waals surface area contributed by atoms with Crippen LogP contribution in [0.25, 0.3) is 0 Å².